The van der Waals surface area contributed by atoms with E-state index in [0.29, 0.717) is 5.92 Å². The zero-order valence-corrected chi connectivity index (χ0v) is 19.2. The fourth-order valence-electron chi connectivity index (χ4n) is 3.70. The van der Waals surface area contributed by atoms with Gasteiger partial charge in [0.05, 0.1) is 25.5 Å². The molecule has 0 radical (unpaired) electrons. The van der Waals surface area contributed by atoms with Gasteiger partial charge < -0.3 is 24.5 Å². The minimum Gasteiger partial charge on any atom is -0.468 e. The molecule has 2 atom stereocenters. The van der Waals surface area contributed by atoms with Crippen LogP contribution in [-0.2, 0) is 9.47 Å². The molecule has 2 saturated heterocycles. The molecule has 2 N–H and O–H groups in total. The second kappa shape index (κ2) is 13.4. The van der Waals surface area contributed by atoms with Gasteiger partial charge in [0, 0.05) is 39.3 Å². The van der Waals surface area contributed by atoms with Crippen molar-refractivity contribution in [2.24, 2.45) is 10.9 Å². The highest BCUT2D eigenvalue weighted by Gasteiger charge is 2.25. The third-order valence-corrected chi connectivity index (χ3v) is 5.27. The van der Waals surface area contributed by atoms with Gasteiger partial charge in [0.15, 0.2) is 5.96 Å². The number of aliphatic imine (C=N–C) groups is 1. The van der Waals surface area contributed by atoms with Crippen LogP contribution in [0.15, 0.2) is 27.8 Å². The van der Waals surface area contributed by atoms with Crippen LogP contribution in [0.2, 0.25) is 0 Å². The molecule has 2 unspecified atom stereocenters. The molecule has 160 valence electrons. The van der Waals surface area contributed by atoms with E-state index in [1.165, 1.54) is 12.8 Å². The highest BCUT2D eigenvalue weighted by molar-refractivity contribution is 14.0. The van der Waals surface area contributed by atoms with Crippen LogP contribution in [0.4, 0.5) is 0 Å². The molecule has 2 aliphatic heterocycles. The van der Waals surface area contributed by atoms with Crippen molar-refractivity contribution in [3.8, 4) is 0 Å². The number of rotatable bonds is 10. The van der Waals surface area contributed by atoms with Crippen LogP contribution >= 0.6 is 24.0 Å². The lowest BCUT2D eigenvalue weighted by molar-refractivity contribution is 0.0888. The van der Waals surface area contributed by atoms with E-state index < -0.39 is 0 Å². The summed E-state index contributed by atoms with van der Waals surface area (Å²) in [4.78, 5) is 6.82. The summed E-state index contributed by atoms with van der Waals surface area (Å²) in [6, 6.07) is 4.27. The molecule has 3 rings (SSSR count). The molecule has 1 aromatic rings. The molecule has 7 nitrogen and oxygen atoms in total. The monoisotopic (exact) mass is 506 g/mol. The van der Waals surface area contributed by atoms with Gasteiger partial charge in [0.1, 0.15) is 5.76 Å². The van der Waals surface area contributed by atoms with E-state index in [1.54, 1.807) is 6.26 Å². The zero-order valence-electron chi connectivity index (χ0n) is 16.9. The van der Waals surface area contributed by atoms with Crippen LogP contribution in [0.1, 0.15) is 37.5 Å². The van der Waals surface area contributed by atoms with Gasteiger partial charge in [-0.1, -0.05) is 0 Å². The van der Waals surface area contributed by atoms with Crippen molar-refractivity contribution in [1.29, 1.82) is 0 Å². The van der Waals surface area contributed by atoms with Gasteiger partial charge in [-0.2, -0.15) is 0 Å². The summed E-state index contributed by atoms with van der Waals surface area (Å²) in [5, 5.41) is 6.82. The van der Waals surface area contributed by atoms with E-state index in [4.69, 9.17) is 13.9 Å². The number of nitrogens with zero attached hydrogens (tertiary/aromatic N) is 2. The first-order valence-electron chi connectivity index (χ1n) is 10.2. The summed E-state index contributed by atoms with van der Waals surface area (Å²) in [6.45, 7) is 7.19. The Hall–Kier alpha value is -0.840. The predicted molar refractivity (Wildman–Crippen MR) is 121 cm³/mol. The summed E-state index contributed by atoms with van der Waals surface area (Å²) in [5.41, 5.74) is 0. The molecule has 2 fully saturated rings. The molecule has 28 heavy (non-hydrogen) atoms. The van der Waals surface area contributed by atoms with Crippen LogP contribution in [0.5, 0.6) is 0 Å². The Balaban J connectivity index is 0.00000280. The first-order valence-corrected chi connectivity index (χ1v) is 10.2. The highest BCUT2D eigenvalue weighted by Crippen LogP contribution is 2.24. The van der Waals surface area contributed by atoms with E-state index in [2.05, 4.69) is 26.6 Å². The highest BCUT2D eigenvalue weighted by atomic mass is 127. The quantitative estimate of drug-likeness (QED) is 0.220. The molecule has 0 spiro atoms. The summed E-state index contributed by atoms with van der Waals surface area (Å²) < 4.78 is 16.8. The maximum absolute atomic E-state index is 5.75. The smallest absolute Gasteiger partial charge is 0.191 e. The fraction of sp³-hybridized carbons (Fsp3) is 0.750. The van der Waals surface area contributed by atoms with E-state index in [1.807, 2.05) is 13.1 Å². The lowest BCUT2D eigenvalue weighted by Gasteiger charge is -2.26. The van der Waals surface area contributed by atoms with E-state index in [0.717, 1.165) is 77.2 Å². The van der Waals surface area contributed by atoms with Gasteiger partial charge in [-0.3, -0.25) is 9.89 Å². The molecule has 0 bridgehead atoms. The van der Waals surface area contributed by atoms with Crippen molar-refractivity contribution in [1.82, 2.24) is 15.5 Å². The lowest BCUT2D eigenvalue weighted by atomic mass is 10.1. The SMILES string of the molecule is CN=C(NCCCOCC1CCOC1)NCC(c1ccco1)N1CCCC1.I. The number of guanidine groups is 1. The minimum absolute atomic E-state index is 0. The van der Waals surface area contributed by atoms with E-state index >= 15 is 0 Å². The third kappa shape index (κ3) is 7.53. The fourth-order valence-corrected chi connectivity index (χ4v) is 3.70. The molecule has 1 aromatic heterocycles. The number of furan rings is 1. The van der Waals surface area contributed by atoms with E-state index in [-0.39, 0.29) is 30.0 Å². The first kappa shape index (κ1) is 23.4. The summed E-state index contributed by atoms with van der Waals surface area (Å²) in [6.07, 6.45) is 6.36. The van der Waals surface area contributed by atoms with Crippen molar-refractivity contribution in [2.45, 2.75) is 31.7 Å². The average molecular weight is 506 g/mol. The molecule has 2 aliphatic rings. The maximum Gasteiger partial charge on any atom is 0.191 e. The Bertz CT molecular complexity index is 544. The normalized spacial score (nSPS) is 21.5. The molecular formula is C20H35IN4O3. The third-order valence-electron chi connectivity index (χ3n) is 5.27. The predicted octanol–water partition coefficient (Wildman–Crippen LogP) is 2.64. The minimum atomic E-state index is 0. The van der Waals surface area contributed by atoms with E-state index in [9.17, 15) is 0 Å². The molecule has 0 aromatic carbocycles. The Labute approximate surface area is 185 Å². The van der Waals surface area contributed by atoms with Crippen molar-refractivity contribution >= 4 is 29.9 Å². The summed E-state index contributed by atoms with van der Waals surface area (Å²) in [5.74, 6) is 2.43. The Morgan fingerprint density at radius 2 is 2.21 bits per heavy atom. The standard InChI is InChI=1S/C20H34N4O3.HI/c1-21-20(22-8-5-11-25-15-17-7-13-26-16-17)23-14-18(19-6-4-12-27-19)24-9-2-3-10-24;/h4,6,12,17-18H,2-3,5,7-11,13-16H2,1H3,(H2,21,22,23);1H. The second-order valence-electron chi connectivity index (χ2n) is 7.31. The Morgan fingerprint density at radius 3 is 2.89 bits per heavy atom. The lowest BCUT2D eigenvalue weighted by Crippen LogP contribution is -2.43. The van der Waals surface area contributed by atoms with Crippen molar-refractivity contribution in [3.05, 3.63) is 24.2 Å². The Morgan fingerprint density at radius 1 is 1.36 bits per heavy atom. The van der Waals surface area contributed by atoms with Crippen LogP contribution in [-0.4, -0.2) is 70.5 Å². The summed E-state index contributed by atoms with van der Waals surface area (Å²) in [7, 11) is 1.81. The maximum atomic E-state index is 5.75. The average Bonchev–Trinajstić information content (AvgIpc) is 3.46. The van der Waals surface area contributed by atoms with Crippen LogP contribution in [0.3, 0.4) is 0 Å². The molecule has 0 amide bonds. The molecule has 8 heteroatoms. The van der Waals surface area contributed by atoms with Gasteiger partial charge in [0.2, 0.25) is 0 Å². The number of ether oxygens (including phenoxy) is 2. The van der Waals surface area contributed by atoms with Gasteiger partial charge in [-0.15, -0.1) is 24.0 Å². The molecule has 0 saturated carbocycles. The van der Waals surface area contributed by atoms with Crippen LogP contribution in [0, 0.1) is 5.92 Å². The van der Waals surface area contributed by atoms with Crippen molar-refractivity contribution < 1.29 is 13.9 Å². The topological polar surface area (TPSA) is 71.3 Å². The van der Waals surface area contributed by atoms with Crippen molar-refractivity contribution in [3.63, 3.8) is 0 Å². The van der Waals surface area contributed by atoms with Crippen LogP contribution < -0.4 is 10.6 Å². The Kier molecular flexibility index (Phi) is 11.2. The molecule has 0 aliphatic carbocycles. The van der Waals surface area contributed by atoms with Gasteiger partial charge >= 0.3 is 0 Å². The molecule has 3 heterocycles. The largest absolute Gasteiger partial charge is 0.468 e. The van der Waals surface area contributed by atoms with Gasteiger partial charge in [-0.25, -0.2) is 0 Å². The first-order chi connectivity index (χ1) is 13.4. The zero-order chi connectivity index (χ0) is 18.7. The number of nitrogens with one attached hydrogen (secondary N) is 2. The second-order valence-corrected chi connectivity index (χ2v) is 7.31. The number of halogens is 1. The number of hydrogen-bond acceptors (Lipinski definition) is 5. The summed E-state index contributed by atoms with van der Waals surface area (Å²) >= 11 is 0. The van der Waals surface area contributed by atoms with Gasteiger partial charge in [0.25, 0.3) is 0 Å². The number of likely N-dealkylation sites (tertiary alicyclic amines) is 1. The van der Waals surface area contributed by atoms with Gasteiger partial charge in [-0.05, 0) is 50.9 Å². The molecular weight excluding hydrogens is 471 g/mol. The van der Waals surface area contributed by atoms with Crippen molar-refractivity contribution in [2.75, 3.05) is 59.7 Å². The van der Waals surface area contributed by atoms with Crippen LogP contribution in [0.25, 0.3) is 0 Å². The number of hydrogen-bond donors (Lipinski definition) is 2.